The van der Waals surface area contributed by atoms with E-state index in [1.807, 2.05) is 97.9 Å². The summed E-state index contributed by atoms with van der Waals surface area (Å²) in [6.45, 7) is 2.40. The number of carbonyl (C=O) groups excluding carboxylic acids is 1. The average Bonchev–Trinajstić information content (AvgIpc) is 2.79. The summed E-state index contributed by atoms with van der Waals surface area (Å²) in [5.41, 5.74) is 3.33. The third-order valence-corrected chi connectivity index (χ3v) is 5.25. The lowest BCUT2D eigenvalue weighted by Crippen LogP contribution is -2.33. The van der Waals surface area contributed by atoms with Crippen molar-refractivity contribution in [2.24, 2.45) is 0 Å². The summed E-state index contributed by atoms with van der Waals surface area (Å²) in [6.07, 6.45) is 1.61. The van der Waals surface area contributed by atoms with E-state index < -0.39 is 6.10 Å². The van der Waals surface area contributed by atoms with Gasteiger partial charge in [0.05, 0.1) is 6.10 Å². The normalized spacial score (nSPS) is 13.6. The first-order valence-corrected chi connectivity index (χ1v) is 10.4. The van der Waals surface area contributed by atoms with Gasteiger partial charge in [0.2, 0.25) is 0 Å². The van der Waals surface area contributed by atoms with Gasteiger partial charge in [-0.25, -0.2) is 0 Å². The molecule has 0 saturated carbocycles. The zero-order valence-electron chi connectivity index (χ0n) is 17.0. The van der Waals surface area contributed by atoms with Crippen LogP contribution < -0.4 is 5.32 Å². The van der Waals surface area contributed by atoms with Crippen LogP contribution in [0.5, 0.6) is 0 Å². The van der Waals surface area contributed by atoms with Crippen LogP contribution >= 0.6 is 11.6 Å². The number of rotatable bonds is 9. The smallest absolute Gasteiger partial charge is 0.164 e. The molecule has 0 radical (unpaired) electrons. The zero-order valence-corrected chi connectivity index (χ0v) is 17.7. The summed E-state index contributed by atoms with van der Waals surface area (Å²) in [4.78, 5) is 13.0. The molecule has 4 heteroatoms. The van der Waals surface area contributed by atoms with Crippen LogP contribution in [-0.2, 0) is 4.79 Å². The summed E-state index contributed by atoms with van der Waals surface area (Å²) in [5.74, 6) is 0.0463. The molecule has 2 atom stereocenters. The lowest BCUT2D eigenvalue weighted by atomic mass is 9.97. The third kappa shape index (κ3) is 6.14. The molecule has 0 fully saturated rings. The molecule has 0 spiro atoms. The van der Waals surface area contributed by atoms with Crippen LogP contribution in [0.25, 0.3) is 11.6 Å². The predicted molar refractivity (Wildman–Crippen MR) is 124 cm³/mol. The molecule has 0 aliphatic carbocycles. The fourth-order valence-corrected chi connectivity index (χ4v) is 3.39. The molecule has 3 aromatic rings. The number of Topliss-reactive ketones (excluding diaryl/α,β-unsaturated/α-hetero) is 1. The molecule has 0 aromatic heterocycles. The van der Waals surface area contributed by atoms with Crippen LogP contribution in [0.2, 0.25) is 5.02 Å². The second kappa shape index (κ2) is 10.9. The Balaban J connectivity index is 1.67. The second-order valence-electron chi connectivity index (χ2n) is 7.25. The van der Waals surface area contributed by atoms with Crippen LogP contribution in [0.1, 0.15) is 36.1 Å². The van der Waals surface area contributed by atoms with Gasteiger partial charge in [0.15, 0.2) is 5.78 Å². The minimum atomic E-state index is -0.625. The Morgan fingerprint density at radius 3 is 2.20 bits per heavy atom. The fourth-order valence-electron chi connectivity index (χ4n) is 3.27. The van der Waals surface area contributed by atoms with Crippen molar-refractivity contribution >= 4 is 29.0 Å². The van der Waals surface area contributed by atoms with Gasteiger partial charge in [-0.15, -0.1) is 0 Å². The van der Waals surface area contributed by atoms with Crippen LogP contribution in [0.4, 0.5) is 0 Å². The van der Waals surface area contributed by atoms with Gasteiger partial charge >= 0.3 is 0 Å². The van der Waals surface area contributed by atoms with Gasteiger partial charge in [0.25, 0.3) is 0 Å². The summed E-state index contributed by atoms with van der Waals surface area (Å²) in [7, 11) is 0. The van der Waals surface area contributed by atoms with Gasteiger partial charge in [0.1, 0.15) is 0 Å². The van der Waals surface area contributed by atoms with Gasteiger partial charge in [-0.05, 0) is 41.8 Å². The number of nitrogens with one attached hydrogen (secondary N) is 1. The Morgan fingerprint density at radius 1 is 0.967 bits per heavy atom. The average molecular weight is 420 g/mol. The van der Waals surface area contributed by atoms with Crippen LogP contribution in [0.15, 0.2) is 84.9 Å². The molecule has 3 rings (SSSR count). The molecule has 2 unspecified atom stereocenters. The number of benzene rings is 3. The van der Waals surface area contributed by atoms with Crippen molar-refractivity contribution in [3.05, 3.63) is 107 Å². The van der Waals surface area contributed by atoms with Gasteiger partial charge in [0, 0.05) is 29.6 Å². The first kappa shape index (κ1) is 22.0. The minimum absolute atomic E-state index is 0.0463. The monoisotopic (exact) mass is 419 g/mol. The molecule has 3 aromatic carbocycles. The largest absolute Gasteiger partial charge is 0.387 e. The molecule has 154 valence electrons. The molecule has 0 aliphatic rings. The van der Waals surface area contributed by atoms with Crippen molar-refractivity contribution in [1.29, 1.82) is 0 Å². The number of ketones is 1. The first-order valence-electron chi connectivity index (χ1n) is 10.1. The van der Waals surface area contributed by atoms with E-state index >= 15 is 0 Å². The Morgan fingerprint density at radius 2 is 1.57 bits per heavy atom. The maximum Gasteiger partial charge on any atom is 0.164 e. The van der Waals surface area contributed by atoms with Crippen LogP contribution in [0, 0.1) is 0 Å². The maximum absolute atomic E-state index is 13.0. The van der Waals surface area contributed by atoms with E-state index in [-0.39, 0.29) is 11.8 Å². The summed E-state index contributed by atoms with van der Waals surface area (Å²) in [6, 6.07) is 26.5. The number of hydrogen-bond acceptors (Lipinski definition) is 3. The highest BCUT2D eigenvalue weighted by Gasteiger charge is 2.17. The third-order valence-electron chi connectivity index (χ3n) is 5.00. The standard InChI is InChI=1S/C26H26ClNO2/c1-19(26(30)22-10-6-3-7-11-22)28-17-16-25(29)24(21-8-4-2-5-9-21)18-20-12-14-23(27)15-13-20/h2-15,18-19,26,28,30H,16-17H2,1H3/b24-18+. The van der Waals surface area contributed by atoms with E-state index in [1.54, 1.807) is 0 Å². The number of carbonyl (C=O) groups is 1. The van der Waals surface area contributed by atoms with Crippen molar-refractivity contribution in [3.8, 4) is 0 Å². The molecular formula is C26H26ClNO2. The summed E-state index contributed by atoms with van der Waals surface area (Å²) >= 11 is 5.98. The zero-order chi connectivity index (χ0) is 21.3. The highest BCUT2D eigenvalue weighted by Crippen LogP contribution is 2.22. The Bertz CT molecular complexity index is 969. The number of aliphatic hydroxyl groups excluding tert-OH is 1. The maximum atomic E-state index is 13.0. The topological polar surface area (TPSA) is 49.3 Å². The lowest BCUT2D eigenvalue weighted by Gasteiger charge is -2.20. The first-order chi connectivity index (χ1) is 14.5. The summed E-state index contributed by atoms with van der Waals surface area (Å²) < 4.78 is 0. The Labute approximate surface area is 183 Å². The quantitative estimate of drug-likeness (QED) is 0.353. The van der Waals surface area contributed by atoms with Crippen LogP contribution in [-0.4, -0.2) is 23.5 Å². The SMILES string of the molecule is CC(NCCC(=O)/C(=C/c1ccc(Cl)cc1)c1ccccc1)C(O)c1ccccc1. The molecule has 0 aliphatic heterocycles. The highest BCUT2D eigenvalue weighted by atomic mass is 35.5. The van der Waals surface area contributed by atoms with E-state index in [9.17, 15) is 9.90 Å². The number of hydrogen-bond donors (Lipinski definition) is 2. The number of aliphatic hydroxyl groups is 1. The molecule has 2 N–H and O–H groups in total. The second-order valence-corrected chi connectivity index (χ2v) is 7.68. The lowest BCUT2D eigenvalue weighted by molar-refractivity contribution is -0.113. The van der Waals surface area contributed by atoms with E-state index in [0.29, 0.717) is 23.6 Å². The van der Waals surface area contributed by atoms with Crippen molar-refractivity contribution in [3.63, 3.8) is 0 Å². The van der Waals surface area contributed by atoms with Crippen molar-refractivity contribution in [1.82, 2.24) is 5.32 Å². The fraction of sp³-hybridized carbons (Fsp3) is 0.192. The molecule has 3 nitrogen and oxygen atoms in total. The molecule has 30 heavy (non-hydrogen) atoms. The van der Waals surface area contributed by atoms with E-state index in [0.717, 1.165) is 16.7 Å². The van der Waals surface area contributed by atoms with Gasteiger partial charge in [-0.2, -0.15) is 0 Å². The predicted octanol–water partition coefficient (Wildman–Crippen LogP) is 5.55. The molecule has 0 saturated heterocycles. The Hall–Kier alpha value is -2.72. The van der Waals surface area contributed by atoms with Gasteiger partial charge in [-0.3, -0.25) is 4.79 Å². The highest BCUT2D eigenvalue weighted by molar-refractivity contribution is 6.30. The molecule has 0 amide bonds. The van der Waals surface area contributed by atoms with Crippen molar-refractivity contribution < 1.29 is 9.90 Å². The van der Waals surface area contributed by atoms with E-state index in [1.165, 1.54) is 0 Å². The number of allylic oxidation sites excluding steroid dienone is 1. The van der Waals surface area contributed by atoms with Gasteiger partial charge in [-0.1, -0.05) is 84.4 Å². The van der Waals surface area contributed by atoms with Crippen LogP contribution in [0.3, 0.4) is 0 Å². The van der Waals surface area contributed by atoms with E-state index in [4.69, 9.17) is 11.6 Å². The Kier molecular flexibility index (Phi) is 7.97. The summed E-state index contributed by atoms with van der Waals surface area (Å²) in [5, 5.41) is 14.4. The molecular weight excluding hydrogens is 394 g/mol. The van der Waals surface area contributed by atoms with Gasteiger partial charge < -0.3 is 10.4 Å². The van der Waals surface area contributed by atoms with Crippen molar-refractivity contribution in [2.75, 3.05) is 6.54 Å². The van der Waals surface area contributed by atoms with E-state index in [2.05, 4.69) is 5.32 Å². The van der Waals surface area contributed by atoms with Crippen molar-refractivity contribution in [2.45, 2.75) is 25.5 Å². The minimum Gasteiger partial charge on any atom is -0.387 e. The molecule has 0 heterocycles. The number of halogens is 1. The molecule has 0 bridgehead atoms.